The molecule has 0 atom stereocenters. The number of hydrogen-bond donors (Lipinski definition) is 0. The maximum absolute atomic E-state index is 3.60. The average Bonchev–Trinajstić information content (AvgIpc) is 1.37. The second-order valence-corrected chi connectivity index (χ2v) is 0.854. The molecule has 0 rings (SSSR count). The molecule has 0 unspecified atom stereocenters. The zero-order valence-electron chi connectivity index (χ0n) is 3.62. The predicted octanol–water partition coefficient (Wildman–Crippen LogP) is 1.62. The van der Waals surface area contributed by atoms with E-state index in [1.54, 1.807) is 0 Å². The van der Waals surface area contributed by atoms with Crippen molar-refractivity contribution < 1.29 is 25.8 Å². The minimum atomic E-state index is 0. The molecule has 0 aliphatic carbocycles. The third-order valence-corrected chi connectivity index (χ3v) is 0.354. The molecule has 0 heterocycles. The van der Waals surface area contributed by atoms with E-state index in [4.69, 9.17) is 0 Å². The summed E-state index contributed by atoms with van der Waals surface area (Å²) in [6.07, 6.45) is 2.28. The van der Waals surface area contributed by atoms with Gasteiger partial charge < -0.3 is 0 Å². The van der Waals surface area contributed by atoms with Crippen molar-refractivity contribution in [3.63, 3.8) is 0 Å². The molecule has 1 radical (unpaired) electrons. The van der Waals surface area contributed by atoms with Crippen LogP contribution in [-0.4, -0.2) is 0 Å². The monoisotopic (exact) mass is 237 g/mol. The van der Waals surface area contributed by atoms with Crippen molar-refractivity contribution in [2.45, 2.75) is 19.8 Å². The van der Waals surface area contributed by atoms with Gasteiger partial charge in [-0.1, -0.05) is 26.7 Å². The first kappa shape index (κ1) is 9.30. The predicted molar refractivity (Wildman–Crippen MR) is 20.3 cm³/mol. The van der Waals surface area contributed by atoms with Gasteiger partial charge in [0, 0.05) is 25.8 Å². The van der Waals surface area contributed by atoms with Crippen molar-refractivity contribution in [3.8, 4) is 0 Å². The molecule has 0 N–H and O–H groups in total. The fourth-order valence-electron chi connectivity index (χ4n) is 0. The summed E-state index contributed by atoms with van der Waals surface area (Å²) >= 11 is 0. The van der Waals surface area contributed by atoms with E-state index in [9.17, 15) is 0 Å². The van der Waals surface area contributed by atoms with Gasteiger partial charge in [-0.2, -0.15) is 0 Å². The van der Waals surface area contributed by atoms with Gasteiger partial charge >= 0.3 is 0 Å². The van der Waals surface area contributed by atoms with Gasteiger partial charge in [0.15, 0.2) is 0 Å². The van der Waals surface area contributed by atoms with Crippen LogP contribution >= 0.6 is 0 Å². The van der Waals surface area contributed by atoms with E-state index in [0.29, 0.717) is 0 Å². The first-order valence-corrected chi connectivity index (χ1v) is 1.71. The van der Waals surface area contributed by atoms with Gasteiger partial charge in [-0.25, -0.2) is 0 Å². The Morgan fingerprint density at radius 3 is 1.80 bits per heavy atom. The van der Waals surface area contributed by atoms with E-state index < -0.39 is 0 Å². The molecule has 29 valence electrons. The van der Waals surface area contributed by atoms with Crippen LogP contribution in [0.1, 0.15) is 19.8 Å². The van der Waals surface area contributed by atoms with Gasteiger partial charge in [-0.3, -0.25) is 0 Å². The van der Waals surface area contributed by atoms with Crippen molar-refractivity contribution in [1.29, 1.82) is 0 Å². The summed E-state index contributed by atoms with van der Waals surface area (Å²) in [7, 11) is 0. The second kappa shape index (κ2) is 8.85. The van der Waals surface area contributed by atoms with E-state index in [1.165, 1.54) is 6.42 Å². The molecule has 5 heavy (non-hydrogen) atoms. The van der Waals surface area contributed by atoms with Crippen LogP contribution in [0, 0.1) is 6.92 Å². The third-order valence-electron chi connectivity index (χ3n) is 0.354. The molecular weight excluding hydrogens is 227 g/mol. The summed E-state index contributed by atoms with van der Waals surface area (Å²) in [5.74, 6) is 0. The van der Waals surface area contributed by atoms with Crippen molar-refractivity contribution in [1.82, 2.24) is 0 Å². The van der Waals surface area contributed by atoms with Crippen LogP contribution < -0.4 is 0 Å². The molecule has 0 aliphatic heterocycles. The Balaban J connectivity index is 0. The van der Waals surface area contributed by atoms with Gasteiger partial charge in [0.1, 0.15) is 0 Å². The van der Waals surface area contributed by atoms with Gasteiger partial charge in [0.2, 0.25) is 0 Å². The second-order valence-electron chi connectivity index (χ2n) is 0.854. The van der Waals surface area contributed by atoms with E-state index in [2.05, 4.69) is 13.8 Å². The minimum Gasteiger partial charge on any atom is -0.0654 e. The molecule has 1 heteroatoms. The number of rotatable bonds is 1. The van der Waals surface area contributed by atoms with Gasteiger partial charge in [-0.15, -0.1) is 0 Å². The quantitative estimate of drug-likeness (QED) is 0.606. The Bertz CT molecular complexity index is 5.61. The molecule has 0 amide bonds. The van der Waals surface area contributed by atoms with Gasteiger partial charge in [0.25, 0.3) is 0 Å². The zero-order chi connectivity index (χ0) is 3.41. The van der Waals surface area contributed by atoms with E-state index >= 15 is 0 Å². The number of unbranched alkanes of at least 4 members (excludes halogenated alkanes) is 1. The molecule has 0 bridgehead atoms. The van der Waals surface area contributed by atoms with Crippen LogP contribution in [-0.2, 0) is 25.8 Å². The van der Waals surface area contributed by atoms with Crippen LogP contribution in [0.25, 0.3) is 0 Å². The molecule has 0 aromatic rings. The molecule has 0 spiro atoms. The van der Waals surface area contributed by atoms with E-state index in [-0.39, 0.29) is 25.8 Å². The molecular formula is C4H9Hf. The summed E-state index contributed by atoms with van der Waals surface area (Å²) in [4.78, 5) is 0. The van der Waals surface area contributed by atoms with Crippen LogP contribution in [0.4, 0.5) is 0 Å². The fourth-order valence-corrected chi connectivity index (χ4v) is 0. The molecule has 0 saturated carbocycles. The maximum atomic E-state index is 3.60. The molecule has 0 nitrogen and oxygen atoms in total. The smallest absolute Gasteiger partial charge is 0 e. The fraction of sp³-hybridized carbons (Fsp3) is 0.750. The van der Waals surface area contributed by atoms with Gasteiger partial charge in [0.05, 0.1) is 0 Å². The summed E-state index contributed by atoms with van der Waals surface area (Å²) in [5.41, 5.74) is 0. The van der Waals surface area contributed by atoms with Crippen LogP contribution in [0.15, 0.2) is 0 Å². The Morgan fingerprint density at radius 2 is 1.80 bits per heavy atom. The zero-order valence-corrected chi connectivity index (χ0v) is 7.21. The Labute approximate surface area is 52.7 Å². The van der Waals surface area contributed by atoms with E-state index in [1.807, 2.05) is 0 Å². The molecule has 0 aromatic heterocycles. The topological polar surface area (TPSA) is 0 Å². The van der Waals surface area contributed by atoms with Crippen molar-refractivity contribution >= 4 is 0 Å². The van der Waals surface area contributed by atoms with Crippen molar-refractivity contribution in [3.05, 3.63) is 6.92 Å². The summed E-state index contributed by atoms with van der Waals surface area (Å²) in [5, 5.41) is 0. The summed E-state index contributed by atoms with van der Waals surface area (Å²) in [6.45, 7) is 5.72. The van der Waals surface area contributed by atoms with Crippen molar-refractivity contribution in [2.75, 3.05) is 0 Å². The first-order chi connectivity index (χ1) is 1.91. The van der Waals surface area contributed by atoms with Crippen LogP contribution in [0.2, 0.25) is 0 Å². The van der Waals surface area contributed by atoms with Crippen molar-refractivity contribution in [2.24, 2.45) is 0 Å². The SMILES string of the molecule is [CH2]CCC.[Hf]. The Kier molecular flexibility index (Phi) is 16.5. The standard InChI is InChI=1S/C4H9.Hf/c1-3-4-2;/h1,3-4H2,2H3;. The van der Waals surface area contributed by atoms with Crippen LogP contribution in [0.3, 0.4) is 0 Å². The molecule has 0 saturated heterocycles. The maximum Gasteiger partial charge on any atom is 0 e. The normalized spacial score (nSPS) is 6.00. The largest absolute Gasteiger partial charge is 0.0654 e. The Hall–Kier alpha value is 0.870. The molecule has 0 aromatic carbocycles. The summed E-state index contributed by atoms with van der Waals surface area (Å²) < 4.78 is 0. The minimum absolute atomic E-state index is 0. The first-order valence-electron chi connectivity index (χ1n) is 1.71. The summed E-state index contributed by atoms with van der Waals surface area (Å²) in [6, 6.07) is 0. The average molecular weight is 236 g/mol. The van der Waals surface area contributed by atoms with Gasteiger partial charge in [-0.05, 0) is 0 Å². The molecule has 0 fully saturated rings. The van der Waals surface area contributed by atoms with Crippen LogP contribution in [0.5, 0.6) is 0 Å². The molecule has 0 aliphatic rings. The third kappa shape index (κ3) is 11.5. The number of hydrogen-bond acceptors (Lipinski definition) is 0. The van der Waals surface area contributed by atoms with E-state index in [0.717, 1.165) is 6.42 Å². The Morgan fingerprint density at radius 1 is 1.60 bits per heavy atom.